The number of hydrogen-bond donors (Lipinski definition) is 4. The Hall–Kier alpha value is -3.26. The van der Waals surface area contributed by atoms with Crippen LogP contribution in [0.5, 0.6) is 0 Å². The summed E-state index contributed by atoms with van der Waals surface area (Å²) in [5.74, 6) is 0. The van der Waals surface area contributed by atoms with Crippen molar-refractivity contribution in [3.05, 3.63) is 121 Å². The quantitative estimate of drug-likeness (QED) is 0.182. The Kier molecular flexibility index (Phi) is 15.5. The third-order valence-electron chi connectivity index (χ3n) is 4.16. The van der Waals surface area contributed by atoms with Crippen molar-refractivity contribution in [2.75, 3.05) is 0 Å². The average Bonchev–Trinajstić information content (AvgIpc) is 2.90. The molecule has 0 bridgehead atoms. The van der Waals surface area contributed by atoms with E-state index >= 15 is 0 Å². The van der Waals surface area contributed by atoms with E-state index in [1.165, 1.54) is 48.5 Å². The number of benzene rings is 4. The van der Waals surface area contributed by atoms with E-state index in [1.807, 2.05) is 0 Å². The summed E-state index contributed by atoms with van der Waals surface area (Å²) >= 11 is 0. The maximum Gasteiger partial charge on any atom is 0.294 e. The van der Waals surface area contributed by atoms with E-state index in [-0.39, 0.29) is 30.5 Å². The van der Waals surface area contributed by atoms with Gasteiger partial charge in [-0.1, -0.05) is 72.8 Å². The molecule has 0 unspecified atom stereocenters. The lowest BCUT2D eigenvalue weighted by molar-refractivity contribution is 0.481. The van der Waals surface area contributed by atoms with Gasteiger partial charge in [0.25, 0.3) is 40.5 Å². The highest BCUT2D eigenvalue weighted by atomic mass is 32.2. The van der Waals surface area contributed by atoms with E-state index in [0.717, 1.165) is 0 Å². The number of hydrogen-bond acceptors (Lipinski definition) is 8. The molecular formula is C24H28O12S4Si. The van der Waals surface area contributed by atoms with Gasteiger partial charge >= 0.3 is 0 Å². The molecule has 0 saturated carbocycles. The van der Waals surface area contributed by atoms with E-state index in [4.69, 9.17) is 18.2 Å². The first-order valence-electron chi connectivity index (χ1n) is 10.5. The summed E-state index contributed by atoms with van der Waals surface area (Å²) in [6.07, 6.45) is 0. The summed E-state index contributed by atoms with van der Waals surface area (Å²) in [5, 5.41) is 0. The summed E-state index contributed by atoms with van der Waals surface area (Å²) in [6, 6.07) is 29.7. The molecule has 12 nitrogen and oxygen atoms in total. The minimum atomic E-state index is -4.00. The molecule has 0 aliphatic heterocycles. The van der Waals surface area contributed by atoms with Crippen molar-refractivity contribution in [1.82, 2.24) is 0 Å². The first-order chi connectivity index (χ1) is 18.4. The molecule has 0 saturated heterocycles. The molecule has 0 spiro atoms. The molecule has 4 rings (SSSR count). The van der Waals surface area contributed by atoms with E-state index in [2.05, 4.69) is 0 Å². The zero-order valence-electron chi connectivity index (χ0n) is 20.2. The molecule has 224 valence electrons. The van der Waals surface area contributed by atoms with Gasteiger partial charge in [-0.05, 0) is 59.5 Å². The lowest BCUT2D eigenvalue weighted by atomic mass is 10.4. The number of rotatable bonds is 4. The van der Waals surface area contributed by atoms with Crippen molar-refractivity contribution < 1.29 is 51.9 Å². The van der Waals surface area contributed by atoms with Crippen molar-refractivity contribution in [1.29, 1.82) is 0 Å². The predicted molar refractivity (Wildman–Crippen MR) is 156 cm³/mol. The van der Waals surface area contributed by atoms with Crippen LogP contribution >= 0.6 is 0 Å². The Labute approximate surface area is 243 Å². The average molecular weight is 665 g/mol. The van der Waals surface area contributed by atoms with Crippen LogP contribution < -0.4 is 0 Å². The first-order valence-corrected chi connectivity index (χ1v) is 16.3. The summed E-state index contributed by atoms with van der Waals surface area (Å²) in [7, 11) is -16.0. The Morgan fingerprint density at radius 1 is 0.293 bits per heavy atom. The molecule has 0 aromatic heterocycles. The van der Waals surface area contributed by atoms with Crippen LogP contribution in [0.3, 0.4) is 0 Å². The zero-order valence-corrected chi connectivity index (χ0v) is 23.5. The summed E-state index contributed by atoms with van der Waals surface area (Å²) < 4.78 is 117. The molecule has 17 heteroatoms. The van der Waals surface area contributed by atoms with Gasteiger partial charge in [0.1, 0.15) is 0 Å². The Bertz CT molecular complexity index is 1480. The largest absolute Gasteiger partial charge is 0.294 e. The highest BCUT2D eigenvalue weighted by molar-refractivity contribution is 7.86. The lowest BCUT2D eigenvalue weighted by Crippen LogP contribution is -1.96. The minimum absolute atomic E-state index is 0. The molecule has 0 aliphatic rings. The molecule has 0 heterocycles. The van der Waals surface area contributed by atoms with Crippen LogP contribution in [-0.4, -0.2) is 62.8 Å². The molecule has 4 aromatic rings. The molecule has 0 atom stereocenters. The highest BCUT2D eigenvalue weighted by Crippen LogP contribution is 2.07. The molecule has 0 radical (unpaired) electrons. The van der Waals surface area contributed by atoms with Crippen LogP contribution in [0.25, 0.3) is 0 Å². The normalized spacial score (nSPS) is 11.0. The second kappa shape index (κ2) is 16.9. The fourth-order valence-corrected chi connectivity index (χ4v) is 4.37. The fraction of sp³-hybridized carbons (Fsp3) is 0. The van der Waals surface area contributed by atoms with Crippen LogP contribution in [0.4, 0.5) is 0 Å². The molecular weight excluding hydrogens is 637 g/mol. The summed E-state index contributed by atoms with van der Waals surface area (Å²) in [5.41, 5.74) is 0. The van der Waals surface area contributed by atoms with Crippen LogP contribution in [0, 0.1) is 0 Å². The second-order valence-corrected chi connectivity index (χ2v) is 12.8. The van der Waals surface area contributed by atoms with E-state index < -0.39 is 40.5 Å². The van der Waals surface area contributed by atoms with E-state index in [0.29, 0.717) is 0 Å². The molecule has 4 aromatic carbocycles. The monoisotopic (exact) mass is 664 g/mol. The van der Waals surface area contributed by atoms with Gasteiger partial charge in [-0.2, -0.15) is 33.7 Å². The minimum Gasteiger partial charge on any atom is -0.282 e. The standard InChI is InChI=1S/4C6H6O3S.H4Si/c4*7-10(8,9)6-4-2-1-3-5-6;/h4*1-5H,(H,7,8,9);1H4. The van der Waals surface area contributed by atoms with Gasteiger partial charge in [-0.25, -0.2) is 0 Å². The zero-order chi connectivity index (χ0) is 30.5. The molecule has 0 aliphatic carbocycles. The molecule has 0 fully saturated rings. The van der Waals surface area contributed by atoms with Crippen molar-refractivity contribution in [3.8, 4) is 0 Å². The van der Waals surface area contributed by atoms with Crippen LogP contribution in [-0.2, 0) is 40.5 Å². The molecule has 41 heavy (non-hydrogen) atoms. The van der Waals surface area contributed by atoms with Gasteiger partial charge in [-0.15, -0.1) is 0 Å². The maximum atomic E-state index is 10.4. The third kappa shape index (κ3) is 15.9. The van der Waals surface area contributed by atoms with Gasteiger partial charge in [0.05, 0.1) is 19.6 Å². The van der Waals surface area contributed by atoms with Crippen LogP contribution in [0.15, 0.2) is 141 Å². The Balaban J connectivity index is 0.000000516. The summed E-state index contributed by atoms with van der Waals surface area (Å²) in [6.45, 7) is 0. The van der Waals surface area contributed by atoms with Crippen molar-refractivity contribution in [2.24, 2.45) is 0 Å². The summed E-state index contributed by atoms with van der Waals surface area (Å²) in [4.78, 5) is -0.296. The van der Waals surface area contributed by atoms with E-state index in [9.17, 15) is 33.7 Å². The van der Waals surface area contributed by atoms with E-state index in [1.54, 1.807) is 72.8 Å². The smallest absolute Gasteiger partial charge is 0.282 e. The van der Waals surface area contributed by atoms with Gasteiger partial charge in [0.2, 0.25) is 0 Å². The van der Waals surface area contributed by atoms with Crippen molar-refractivity contribution in [2.45, 2.75) is 19.6 Å². The SMILES string of the molecule is O=S(=O)(O)c1ccccc1.O=S(=O)(O)c1ccccc1.O=S(=O)(O)c1ccccc1.O=S(=O)(O)c1ccccc1.[SiH4]. The maximum absolute atomic E-state index is 10.4. The molecule has 4 N–H and O–H groups in total. The Morgan fingerprint density at radius 3 is 0.488 bits per heavy atom. The lowest BCUT2D eigenvalue weighted by Gasteiger charge is -1.92. The topological polar surface area (TPSA) is 217 Å². The van der Waals surface area contributed by atoms with Crippen molar-refractivity contribution in [3.63, 3.8) is 0 Å². The first kappa shape index (κ1) is 37.7. The fourth-order valence-electron chi connectivity index (χ4n) is 2.37. The van der Waals surface area contributed by atoms with Crippen LogP contribution in [0.1, 0.15) is 0 Å². The van der Waals surface area contributed by atoms with Gasteiger partial charge in [0.15, 0.2) is 0 Å². The highest BCUT2D eigenvalue weighted by Gasteiger charge is 2.07. The second-order valence-electron chi connectivity index (χ2n) is 7.15. The van der Waals surface area contributed by atoms with Crippen LogP contribution in [0.2, 0.25) is 0 Å². The van der Waals surface area contributed by atoms with Gasteiger partial charge < -0.3 is 0 Å². The van der Waals surface area contributed by atoms with Crippen molar-refractivity contribution >= 4 is 51.4 Å². The predicted octanol–water partition coefficient (Wildman–Crippen LogP) is 2.28. The Morgan fingerprint density at radius 2 is 0.415 bits per heavy atom. The van der Waals surface area contributed by atoms with Gasteiger partial charge in [-0.3, -0.25) is 18.2 Å². The third-order valence-corrected chi connectivity index (χ3v) is 7.64. The van der Waals surface area contributed by atoms with Gasteiger partial charge in [0, 0.05) is 0 Å². The molecule has 0 amide bonds.